The van der Waals surface area contributed by atoms with Gasteiger partial charge in [-0.1, -0.05) is 48.5 Å². The fraction of sp³-hybridized carbons (Fsp3) is 0.263. The summed E-state index contributed by atoms with van der Waals surface area (Å²) in [5.41, 5.74) is 2.87. The summed E-state index contributed by atoms with van der Waals surface area (Å²) in [5, 5.41) is 3.72. The van der Waals surface area contributed by atoms with Crippen molar-refractivity contribution in [3.63, 3.8) is 0 Å². The Morgan fingerprint density at radius 1 is 1.26 bits per heavy atom. The number of benzene rings is 1. The Bertz CT molecular complexity index is 723. The molecule has 2 aromatic rings. The van der Waals surface area contributed by atoms with Crippen molar-refractivity contribution >= 4 is 23.0 Å². The van der Waals surface area contributed by atoms with Crippen molar-refractivity contribution < 1.29 is 4.79 Å². The molecule has 120 valence electrons. The third-order valence-corrected chi connectivity index (χ3v) is 3.93. The fourth-order valence-corrected chi connectivity index (χ4v) is 2.41. The first-order valence-corrected chi connectivity index (χ1v) is 7.84. The zero-order chi connectivity index (χ0) is 17.0. The number of carbonyl (C=O) groups is 1. The first-order valence-electron chi connectivity index (χ1n) is 7.47. The number of halogens is 1. The zero-order valence-corrected chi connectivity index (χ0v) is 14.4. The maximum absolute atomic E-state index is 12.2. The molecule has 1 N–H and O–H groups in total. The number of allylic oxidation sites excluding steroid dienone is 1. The van der Waals surface area contributed by atoms with Crippen molar-refractivity contribution in [1.29, 1.82) is 0 Å². The van der Waals surface area contributed by atoms with Crippen molar-refractivity contribution in [3.05, 3.63) is 71.0 Å². The molecule has 2 rings (SSSR count). The molecule has 0 amide bonds. The van der Waals surface area contributed by atoms with Crippen molar-refractivity contribution in [1.82, 2.24) is 10.3 Å². The van der Waals surface area contributed by atoms with Gasteiger partial charge in [-0.05, 0) is 44.0 Å². The van der Waals surface area contributed by atoms with Crippen LogP contribution in [-0.4, -0.2) is 17.3 Å². The number of hydrogen-bond acceptors (Lipinski definition) is 3. The maximum Gasteiger partial charge on any atom is 0.176 e. The van der Waals surface area contributed by atoms with Crippen LogP contribution in [0.5, 0.6) is 0 Å². The highest BCUT2D eigenvalue weighted by Crippen LogP contribution is 2.25. The SMILES string of the molecule is C=C(C)c1cc(C(C)(C)NCC(=O)c2ccccc2)cc(Cl)n1. The Hall–Kier alpha value is -1.97. The Kier molecular flexibility index (Phi) is 5.34. The van der Waals surface area contributed by atoms with E-state index < -0.39 is 5.54 Å². The van der Waals surface area contributed by atoms with E-state index in [1.165, 1.54) is 0 Å². The van der Waals surface area contributed by atoms with Crippen LogP contribution in [0.3, 0.4) is 0 Å². The Labute approximate surface area is 142 Å². The first-order chi connectivity index (χ1) is 10.8. The van der Waals surface area contributed by atoms with Crippen LogP contribution >= 0.6 is 11.6 Å². The average Bonchev–Trinajstić information content (AvgIpc) is 2.53. The number of aromatic nitrogens is 1. The lowest BCUT2D eigenvalue weighted by molar-refractivity contribution is 0.0980. The molecule has 0 aliphatic carbocycles. The van der Waals surface area contributed by atoms with Crippen LogP contribution in [0.1, 0.15) is 42.4 Å². The number of rotatable bonds is 6. The van der Waals surface area contributed by atoms with E-state index in [1.807, 2.05) is 63.2 Å². The fourth-order valence-electron chi connectivity index (χ4n) is 2.21. The summed E-state index contributed by atoms with van der Waals surface area (Å²) in [6.45, 7) is 10.1. The Balaban J connectivity index is 2.16. The molecule has 0 saturated heterocycles. The second kappa shape index (κ2) is 7.07. The lowest BCUT2D eigenvalue weighted by Gasteiger charge is -2.27. The Morgan fingerprint density at radius 3 is 2.52 bits per heavy atom. The molecule has 0 radical (unpaired) electrons. The molecule has 0 saturated carbocycles. The highest BCUT2D eigenvalue weighted by Gasteiger charge is 2.22. The van der Waals surface area contributed by atoms with Gasteiger partial charge in [-0.15, -0.1) is 0 Å². The van der Waals surface area contributed by atoms with Crippen molar-refractivity contribution in [3.8, 4) is 0 Å². The van der Waals surface area contributed by atoms with E-state index in [0.29, 0.717) is 10.7 Å². The molecular formula is C19H21ClN2O. The molecule has 1 aromatic carbocycles. The summed E-state index contributed by atoms with van der Waals surface area (Å²) < 4.78 is 0. The molecule has 0 bridgehead atoms. The molecule has 0 aliphatic heterocycles. The molecule has 0 aliphatic rings. The number of nitrogens with one attached hydrogen (secondary N) is 1. The molecular weight excluding hydrogens is 308 g/mol. The van der Waals surface area contributed by atoms with Crippen LogP contribution in [0.2, 0.25) is 5.15 Å². The molecule has 23 heavy (non-hydrogen) atoms. The quantitative estimate of drug-likeness (QED) is 0.628. The third kappa shape index (κ3) is 4.50. The lowest BCUT2D eigenvalue weighted by atomic mass is 9.93. The highest BCUT2D eigenvalue weighted by atomic mass is 35.5. The van der Waals surface area contributed by atoms with Gasteiger partial charge in [0.05, 0.1) is 12.2 Å². The second-order valence-electron chi connectivity index (χ2n) is 6.11. The summed E-state index contributed by atoms with van der Waals surface area (Å²) in [7, 11) is 0. The number of ketones is 1. The van der Waals surface area contributed by atoms with Crippen molar-refractivity contribution in [2.24, 2.45) is 0 Å². The lowest BCUT2D eigenvalue weighted by Crippen LogP contribution is -2.40. The van der Waals surface area contributed by atoms with E-state index in [9.17, 15) is 4.79 Å². The molecule has 1 aromatic heterocycles. The van der Waals surface area contributed by atoms with E-state index in [-0.39, 0.29) is 12.3 Å². The van der Waals surface area contributed by atoms with E-state index in [0.717, 1.165) is 16.8 Å². The normalized spacial score (nSPS) is 11.3. The van der Waals surface area contributed by atoms with Gasteiger partial charge >= 0.3 is 0 Å². The smallest absolute Gasteiger partial charge is 0.176 e. The van der Waals surface area contributed by atoms with E-state index in [1.54, 1.807) is 0 Å². The predicted molar refractivity (Wildman–Crippen MR) is 95.8 cm³/mol. The predicted octanol–water partition coefficient (Wildman–Crippen LogP) is 4.48. The van der Waals surface area contributed by atoms with Crippen LogP contribution in [0, 0.1) is 0 Å². The minimum atomic E-state index is -0.415. The third-order valence-electron chi connectivity index (χ3n) is 3.74. The summed E-state index contributed by atoms with van der Waals surface area (Å²) in [6.07, 6.45) is 0. The first kappa shape index (κ1) is 17.4. The molecule has 1 heterocycles. The highest BCUT2D eigenvalue weighted by molar-refractivity contribution is 6.29. The number of nitrogens with zero attached hydrogens (tertiary/aromatic N) is 1. The maximum atomic E-state index is 12.2. The molecule has 3 nitrogen and oxygen atoms in total. The minimum absolute atomic E-state index is 0.0546. The number of hydrogen-bond donors (Lipinski definition) is 1. The summed E-state index contributed by atoms with van der Waals surface area (Å²) >= 11 is 6.11. The van der Waals surface area contributed by atoms with Gasteiger partial charge in [0.15, 0.2) is 5.78 Å². The van der Waals surface area contributed by atoms with Gasteiger partial charge in [-0.25, -0.2) is 4.98 Å². The van der Waals surface area contributed by atoms with Gasteiger partial charge in [-0.3, -0.25) is 4.79 Å². The summed E-state index contributed by atoms with van der Waals surface area (Å²) in [5.74, 6) is 0.0546. The van der Waals surface area contributed by atoms with Gasteiger partial charge in [0.1, 0.15) is 5.15 Å². The average molecular weight is 329 g/mol. The monoisotopic (exact) mass is 328 g/mol. The number of carbonyl (C=O) groups excluding carboxylic acids is 1. The van der Waals surface area contributed by atoms with E-state index in [2.05, 4.69) is 16.9 Å². The van der Waals surface area contributed by atoms with Crippen LogP contribution in [0.4, 0.5) is 0 Å². The van der Waals surface area contributed by atoms with Crippen LogP contribution in [-0.2, 0) is 5.54 Å². The van der Waals surface area contributed by atoms with Gasteiger partial charge in [0.2, 0.25) is 0 Å². The van der Waals surface area contributed by atoms with Gasteiger partial charge < -0.3 is 5.32 Å². The molecule has 4 heteroatoms. The molecule has 0 atom stereocenters. The number of Topliss-reactive ketones (excluding diaryl/α,β-unsaturated/α-hetero) is 1. The van der Waals surface area contributed by atoms with Crippen LogP contribution in [0.15, 0.2) is 49.0 Å². The second-order valence-corrected chi connectivity index (χ2v) is 6.50. The Morgan fingerprint density at radius 2 is 1.91 bits per heavy atom. The molecule has 0 unspecified atom stereocenters. The topological polar surface area (TPSA) is 42.0 Å². The minimum Gasteiger partial charge on any atom is -0.301 e. The van der Waals surface area contributed by atoms with Crippen LogP contribution in [0.25, 0.3) is 5.57 Å². The molecule has 0 spiro atoms. The van der Waals surface area contributed by atoms with Crippen molar-refractivity contribution in [2.75, 3.05) is 6.54 Å². The molecule has 0 fully saturated rings. The van der Waals surface area contributed by atoms with Crippen molar-refractivity contribution in [2.45, 2.75) is 26.3 Å². The van der Waals surface area contributed by atoms with Gasteiger partial charge in [-0.2, -0.15) is 0 Å². The van der Waals surface area contributed by atoms with Gasteiger partial charge in [0, 0.05) is 11.1 Å². The van der Waals surface area contributed by atoms with E-state index >= 15 is 0 Å². The van der Waals surface area contributed by atoms with E-state index in [4.69, 9.17) is 11.6 Å². The van der Waals surface area contributed by atoms with Gasteiger partial charge in [0.25, 0.3) is 0 Å². The zero-order valence-electron chi connectivity index (χ0n) is 13.7. The standard InChI is InChI=1S/C19H21ClN2O/c1-13(2)16-10-15(11-18(20)22-16)19(3,4)21-12-17(23)14-8-6-5-7-9-14/h5-11,21H,1,12H2,2-4H3. The summed E-state index contributed by atoms with van der Waals surface area (Å²) in [6, 6.07) is 13.0. The largest absolute Gasteiger partial charge is 0.301 e. The number of pyridine rings is 1. The van der Waals surface area contributed by atoms with Crippen LogP contribution < -0.4 is 5.32 Å². The summed E-state index contributed by atoms with van der Waals surface area (Å²) in [4.78, 5) is 16.5.